The van der Waals surface area contributed by atoms with E-state index in [2.05, 4.69) is 19.8 Å². The third-order valence-electron chi connectivity index (χ3n) is 4.24. The predicted molar refractivity (Wildman–Crippen MR) is 121 cm³/mol. The molecule has 0 bridgehead atoms. The highest BCUT2D eigenvalue weighted by atomic mass is 127. The molecule has 1 aromatic heterocycles. The van der Waals surface area contributed by atoms with Crippen LogP contribution in [0.1, 0.15) is 12.5 Å². The number of guanidine groups is 1. The van der Waals surface area contributed by atoms with E-state index < -0.39 is 0 Å². The summed E-state index contributed by atoms with van der Waals surface area (Å²) in [6.07, 6.45) is 1.84. The fraction of sp³-hybridized carbons (Fsp3) is 0.444. The molecule has 0 spiro atoms. The van der Waals surface area contributed by atoms with E-state index >= 15 is 0 Å². The standard InChI is InChI=1S/C18H25N5O2S.HI/c1-3-25-16-12-14(4-5-15(16)24-2)13-21-17(19)22-7-9-23(10-8-22)18-20-6-11-26-18;/h4-6,11-12H,3,7-10,13H2,1-2H3,(H2,19,21);1H. The van der Waals surface area contributed by atoms with Gasteiger partial charge in [0.2, 0.25) is 0 Å². The van der Waals surface area contributed by atoms with Crippen molar-refractivity contribution in [3.63, 3.8) is 0 Å². The molecule has 1 saturated heterocycles. The van der Waals surface area contributed by atoms with Gasteiger partial charge in [-0.05, 0) is 24.6 Å². The van der Waals surface area contributed by atoms with Crippen molar-refractivity contribution in [3.05, 3.63) is 35.3 Å². The average molecular weight is 503 g/mol. The first kappa shape index (κ1) is 21.5. The Morgan fingerprint density at radius 1 is 1.26 bits per heavy atom. The molecule has 0 saturated carbocycles. The lowest BCUT2D eigenvalue weighted by Gasteiger charge is -2.35. The highest BCUT2D eigenvalue weighted by molar-refractivity contribution is 14.0. The van der Waals surface area contributed by atoms with Crippen molar-refractivity contribution in [1.29, 1.82) is 0 Å². The fourth-order valence-corrected chi connectivity index (χ4v) is 3.56. The zero-order valence-corrected chi connectivity index (χ0v) is 18.8. The van der Waals surface area contributed by atoms with Gasteiger partial charge >= 0.3 is 0 Å². The molecule has 1 aliphatic rings. The molecule has 1 fully saturated rings. The van der Waals surface area contributed by atoms with E-state index in [1.54, 1.807) is 18.4 Å². The van der Waals surface area contributed by atoms with Crippen LogP contribution in [0.25, 0.3) is 0 Å². The van der Waals surface area contributed by atoms with Crippen LogP contribution in [0.3, 0.4) is 0 Å². The molecule has 1 aliphatic heterocycles. The number of nitrogens with zero attached hydrogens (tertiary/aromatic N) is 4. The van der Waals surface area contributed by atoms with Gasteiger partial charge in [0.15, 0.2) is 22.6 Å². The summed E-state index contributed by atoms with van der Waals surface area (Å²) in [5, 5.41) is 3.07. The number of benzene rings is 1. The molecule has 0 radical (unpaired) electrons. The van der Waals surface area contributed by atoms with Gasteiger partial charge in [0, 0.05) is 37.8 Å². The minimum atomic E-state index is 0. The fourth-order valence-electron chi connectivity index (χ4n) is 2.86. The summed E-state index contributed by atoms with van der Waals surface area (Å²) < 4.78 is 10.9. The number of ether oxygens (including phenoxy) is 2. The van der Waals surface area contributed by atoms with Gasteiger partial charge < -0.3 is 25.0 Å². The van der Waals surface area contributed by atoms with Crippen molar-refractivity contribution < 1.29 is 9.47 Å². The lowest BCUT2D eigenvalue weighted by atomic mass is 10.2. The molecule has 9 heteroatoms. The highest BCUT2D eigenvalue weighted by Crippen LogP contribution is 2.28. The summed E-state index contributed by atoms with van der Waals surface area (Å²) in [4.78, 5) is 13.3. The van der Waals surface area contributed by atoms with E-state index in [1.165, 1.54) is 0 Å². The number of aromatic nitrogens is 1. The summed E-state index contributed by atoms with van der Waals surface area (Å²) in [5.74, 6) is 2.04. The first-order chi connectivity index (χ1) is 12.7. The Kier molecular flexibility index (Phi) is 8.42. The maximum Gasteiger partial charge on any atom is 0.191 e. The Morgan fingerprint density at radius 2 is 2.04 bits per heavy atom. The lowest BCUT2D eigenvalue weighted by molar-refractivity contribution is 0.310. The molecular weight excluding hydrogens is 477 g/mol. The van der Waals surface area contributed by atoms with Crippen LogP contribution in [0.5, 0.6) is 11.5 Å². The first-order valence-electron chi connectivity index (χ1n) is 8.70. The number of methoxy groups -OCH3 is 1. The second-order valence-electron chi connectivity index (χ2n) is 5.88. The molecule has 0 atom stereocenters. The summed E-state index contributed by atoms with van der Waals surface area (Å²) in [5.41, 5.74) is 7.24. The van der Waals surface area contributed by atoms with Crippen molar-refractivity contribution in [1.82, 2.24) is 9.88 Å². The van der Waals surface area contributed by atoms with Gasteiger partial charge in [-0.2, -0.15) is 0 Å². The van der Waals surface area contributed by atoms with Crippen LogP contribution < -0.4 is 20.1 Å². The SMILES string of the molecule is CCOc1cc(CN=C(N)N2CCN(c3nccs3)CC2)ccc1OC.I. The first-order valence-corrected chi connectivity index (χ1v) is 9.58. The smallest absolute Gasteiger partial charge is 0.191 e. The maximum atomic E-state index is 6.20. The van der Waals surface area contributed by atoms with E-state index in [0.29, 0.717) is 19.1 Å². The number of anilines is 1. The minimum Gasteiger partial charge on any atom is -0.493 e. The van der Waals surface area contributed by atoms with Crippen LogP contribution in [-0.2, 0) is 6.54 Å². The van der Waals surface area contributed by atoms with Crippen LogP contribution in [0, 0.1) is 0 Å². The zero-order valence-electron chi connectivity index (χ0n) is 15.6. The third-order valence-corrected chi connectivity index (χ3v) is 5.08. The number of aliphatic imine (C=N–C) groups is 1. The van der Waals surface area contributed by atoms with Crippen LogP contribution in [0.15, 0.2) is 34.8 Å². The minimum absolute atomic E-state index is 0. The highest BCUT2D eigenvalue weighted by Gasteiger charge is 2.19. The molecule has 27 heavy (non-hydrogen) atoms. The predicted octanol–water partition coefficient (Wildman–Crippen LogP) is 2.81. The number of rotatable bonds is 6. The van der Waals surface area contributed by atoms with Gasteiger partial charge in [0.1, 0.15) is 0 Å². The average Bonchev–Trinajstić information content (AvgIpc) is 3.21. The van der Waals surface area contributed by atoms with Gasteiger partial charge in [-0.15, -0.1) is 35.3 Å². The molecule has 1 aromatic carbocycles. The molecule has 0 aliphatic carbocycles. The normalized spacial score (nSPS) is 14.7. The molecule has 2 heterocycles. The van der Waals surface area contributed by atoms with E-state index in [1.807, 2.05) is 36.7 Å². The van der Waals surface area contributed by atoms with E-state index in [-0.39, 0.29) is 24.0 Å². The number of piperazine rings is 1. The van der Waals surface area contributed by atoms with Crippen molar-refractivity contribution in [2.45, 2.75) is 13.5 Å². The summed E-state index contributed by atoms with van der Waals surface area (Å²) in [7, 11) is 1.64. The second kappa shape index (κ2) is 10.5. The Bertz CT molecular complexity index is 733. The van der Waals surface area contributed by atoms with Gasteiger partial charge in [-0.3, -0.25) is 0 Å². The third kappa shape index (κ3) is 5.61. The summed E-state index contributed by atoms with van der Waals surface area (Å²) in [6, 6.07) is 5.84. The molecule has 0 amide bonds. The van der Waals surface area contributed by atoms with Crippen LogP contribution >= 0.6 is 35.3 Å². The van der Waals surface area contributed by atoms with E-state index in [0.717, 1.165) is 48.4 Å². The topological polar surface area (TPSA) is 76.2 Å². The number of thiazole rings is 1. The molecule has 0 unspecified atom stereocenters. The number of hydrogen-bond donors (Lipinski definition) is 1. The van der Waals surface area contributed by atoms with E-state index in [4.69, 9.17) is 15.2 Å². The Balaban J connectivity index is 0.00000261. The Hall–Kier alpha value is -1.75. The quantitative estimate of drug-likeness (QED) is 0.371. The monoisotopic (exact) mass is 503 g/mol. The number of hydrogen-bond acceptors (Lipinski definition) is 6. The Labute approximate surface area is 181 Å². The number of halogens is 1. The molecular formula is C18H26IN5O2S. The van der Waals surface area contributed by atoms with Crippen LogP contribution in [-0.4, -0.2) is 55.7 Å². The van der Waals surface area contributed by atoms with Gasteiger partial charge in [-0.25, -0.2) is 9.98 Å². The molecule has 2 N–H and O–H groups in total. The van der Waals surface area contributed by atoms with Crippen molar-refractivity contribution >= 4 is 46.4 Å². The van der Waals surface area contributed by atoms with Crippen LogP contribution in [0.4, 0.5) is 5.13 Å². The maximum absolute atomic E-state index is 6.20. The zero-order chi connectivity index (χ0) is 18.4. The largest absolute Gasteiger partial charge is 0.493 e. The molecule has 3 rings (SSSR count). The number of nitrogens with two attached hydrogens (primary N) is 1. The van der Waals surface area contributed by atoms with Crippen molar-refractivity contribution in [3.8, 4) is 11.5 Å². The van der Waals surface area contributed by atoms with Gasteiger partial charge in [0.05, 0.1) is 20.3 Å². The van der Waals surface area contributed by atoms with E-state index in [9.17, 15) is 0 Å². The van der Waals surface area contributed by atoms with Crippen molar-refractivity contribution in [2.24, 2.45) is 10.7 Å². The van der Waals surface area contributed by atoms with Gasteiger partial charge in [0.25, 0.3) is 0 Å². The summed E-state index contributed by atoms with van der Waals surface area (Å²) in [6.45, 7) is 6.57. The summed E-state index contributed by atoms with van der Waals surface area (Å²) >= 11 is 1.67. The second-order valence-corrected chi connectivity index (χ2v) is 6.75. The Morgan fingerprint density at radius 3 is 2.67 bits per heavy atom. The van der Waals surface area contributed by atoms with Crippen LogP contribution in [0.2, 0.25) is 0 Å². The molecule has 148 valence electrons. The van der Waals surface area contributed by atoms with Crippen molar-refractivity contribution in [2.75, 3.05) is 44.8 Å². The molecule has 7 nitrogen and oxygen atoms in total. The lowest BCUT2D eigenvalue weighted by Crippen LogP contribution is -2.51. The van der Waals surface area contributed by atoms with Gasteiger partial charge in [-0.1, -0.05) is 6.07 Å². The molecule has 2 aromatic rings.